The summed E-state index contributed by atoms with van der Waals surface area (Å²) in [7, 11) is 2.02. The third-order valence-corrected chi connectivity index (χ3v) is 4.06. The molecule has 3 atom stereocenters. The van der Waals surface area contributed by atoms with Crippen molar-refractivity contribution in [2.24, 2.45) is 5.92 Å². The standard InChI is InChI=1S/C16H24ClNO/c1-12-6-7-16(19-12)10-14(11-18-2)8-13-4-3-5-15(17)9-13/h3-5,9,12,14,16,18H,6-8,10-11H2,1-2H3. The normalized spacial score (nSPS) is 24.6. The fraction of sp³-hybridized carbons (Fsp3) is 0.625. The Kier molecular flexibility index (Phi) is 5.68. The largest absolute Gasteiger partial charge is 0.375 e. The molecule has 1 N–H and O–H groups in total. The molecule has 0 radical (unpaired) electrons. The highest BCUT2D eigenvalue weighted by molar-refractivity contribution is 6.30. The summed E-state index contributed by atoms with van der Waals surface area (Å²) in [5.41, 5.74) is 1.32. The number of hydrogen-bond acceptors (Lipinski definition) is 2. The summed E-state index contributed by atoms with van der Waals surface area (Å²) in [5.74, 6) is 0.610. The first-order valence-electron chi connectivity index (χ1n) is 7.22. The van der Waals surface area contributed by atoms with E-state index in [1.54, 1.807) is 0 Å². The SMILES string of the molecule is CNCC(Cc1cccc(Cl)c1)CC1CCC(C)O1. The van der Waals surface area contributed by atoms with Crippen LogP contribution in [-0.4, -0.2) is 25.8 Å². The van der Waals surface area contributed by atoms with Crippen LogP contribution in [0.4, 0.5) is 0 Å². The van der Waals surface area contributed by atoms with Crippen molar-refractivity contribution >= 4 is 11.6 Å². The average Bonchev–Trinajstić information content (AvgIpc) is 2.75. The van der Waals surface area contributed by atoms with Crippen LogP contribution in [0, 0.1) is 5.92 Å². The van der Waals surface area contributed by atoms with Crippen molar-refractivity contribution in [3.63, 3.8) is 0 Å². The molecule has 0 saturated carbocycles. The molecule has 1 aliphatic heterocycles. The van der Waals surface area contributed by atoms with Crippen molar-refractivity contribution in [2.75, 3.05) is 13.6 Å². The predicted octanol–water partition coefficient (Wildman–Crippen LogP) is 3.68. The maximum absolute atomic E-state index is 6.05. The van der Waals surface area contributed by atoms with Gasteiger partial charge < -0.3 is 10.1 Å². The molecule has 1 aromatic carbocycles. The van der Waals surface area contributed by atoms with E-state index >= 15 is 0 Å². The second-order valence-electron chi connectivity index (χ2n) is 5.64. The molecule has 3 unspecified atom stereocenters. The third-order valence-electron chi connectivity index (χ3n) is 3.82. The number of nitrogens with one attached hydrogen (secondary N) is 1. The van der Waals surface area contributed by atoms with Gasteiger partial charge in [-0.1, -0.05) is 23.7 Å². The Labute approximate surface area is 121 Å². The Morgan fingerprint density at radius 3 is 2.89 bits per heavy atom. The summed E-state index contributed by atoms with van der Waals surface area (Å²) in [6.45, 7) is 3.20. The lowest BCUT2D eigenvalue weighted by Gasteiger charge is -2.21. The van der Waals surface area contributed by atoms with E-state index in [2.05, 4.69) is 24.4 Å². The molecule has 0 aromatic heterocycles. The van der Waals surface area contributed by atoms with Crippen molar-refractivity contribution in [3.8, 4) is 0 Å². The average molecular weight is 282 g/mol. The fourth-order valence-corrected chi connectivity index (χ4v) is 3.17. The van der Waals surface area contributed by atoms with Gasteiger partial charge >= 0.3 is 0 Å². The van der Waals surface area contributed by atoms with Gasteiger partial charge in [0.2, 0.25) is 0 Å². The zero-order valence-electron chi connectivity index (χ0n) is 11.9. The van der Waals surface area contributed by atoms with Crippen LogP contribution in [-0.2, 0) is 11.2 Å². The van der Waals surface area contributed by atoms with Gasteiger partial charge in [0.1, 0.15) is 0 Å². The van der Waals surface area contributed by atoms with E-state index in [0.717, 1.165) is 24.4 Å². The van der Waals surface area contributed by atoms with Gasteiger partial charge in [-0.3, -0.25) is 0 Å². The molecule has 1 saturated heterocycles. The molecule has 2 nitrogen and oxygen atoms in total. The lowest BCUT2D eigenvalue weighted by molar-refractivity contribution is 0.0409. The van der Waals surface area contributed by atoms with Gasteiger partial charge in [0.25, 0.3) is 0 Å². The Hall–Kier alpha value is -0.570. The Balaban J connectivity index is 1.92. The maximum Gasteiger partial charge on any atom is 0.0583 e. The quantitative estimate of drug-likeness (QED) is 0.859. The molecule has 106 valence electrons. The van der Waals surface area contributed by atoms with Crippen molar-refractivity contribution < 1.29 is 4.74 Å². The molecule has 3 heteroatoms. The number of benzene rings is 1. The monoisotopic (exact) mass is 281 g/mol. The first-order chi connectivity index (χ1) is 9.17. The van der Waals surface area contributed by atoms with E-state index in [9.17, 15) is 0 Å². The number of rotatable bonds is 6. The Morgan fingerprint density at radius 2 is 2.26 bits per heavy atom. The second kappa shape index (κ2) is 7.28. The maximum atomic E-state index is 6.05. The van der Waals surface area contributed by atoms with E-state index in [4.69, 9.17) is 16.3 Å². The number of ether oxygens (including phenoxy) is 1. The highest BCUT2D eigenvalue weighted by atomic mass is 35.5. The van der Waals surface area contributed by atoms with E-state index in [0.29, 0.717) is 18.1 Å². The minimum Gasteiger partial charge on any atom is -0.375 e. The zero-order valence-corrected chi connectivity index (χ0v) is 12.6. The lowest BCUT2D eigenvalue weighted by Crippen LogP contribution is -2.25. The van der Waals surface area contributed by atoms with Gasteiger partial charge in [0.05, 0.1) is 12.2 Å². The number of halogens is 1. The molecule has 1 aromatic rings. The molecular weight excluding hydrogens is 258 g/mol. The van der Waals surface area contributed by atoms with Gasteiger partial charge in [-0.25, -0.2) is 0 Å². The topological polar surface area (TPSA) is 21.3 Å². The molecular formula is C16H24ClNO. The summed E-state index contributed by atoms with van der Waals surface area (Å²) >= 11 is 6.05. The van der Waals surface area contributed by atoms with Crippen molar-refractivity contribution in [2.45, 2.75) is 44.8 Å². The molecule has 1 fully saturated rings. The van der Waals surface area contributed by atoms with Crippen LogP contribution < -0.4 is 5.32 Å². The molecule has 0 spiro atoms. The second-order valence-corrected chi connectivity index (χ2v) is 6.08. The van der Waals surface area contributed by atoms with Crippen LogP contribution >= 0.6 is 11.6 Å². The minimum absolute atomic E-state index is 0.436. The summed E-state index contributed by atoms with van der Waals surface area (Å²) in [5, 5.41) is 4.12. The summed E-state index contributed by atoms with van der Waals surface area (Å²) in [6.07, 6.45) is 5.48. The third kappa shape index (κ3) is 4.79. The van der Waals surface area contributed by atoms with Crippen LogP contribution in [0.3, 0.4) is 0 Å². The van der Waals surface area contributed by atoms with Gasteiger partial charge in [0.15, 0.2) is 0 Å². The Bertz CT molecular complexity index is 396. The van der Waals surface area contributed by atoms with Crippen LogP contribution in [0.1, 0.15) is 31.7 Å². The van der Waals surface area contributed by atoms with Crippen LogP contribution in [0.2, 0.25) is 5.02 Å². The van der Waals surface area contributed by atoms with Gasteiger partial charge in [0, 0.05) is 5.02 Å². The molecule has 1 heterocycles. The summed E-state index contributed by atoms with van der Waals surface area (Å²) in [4.78, 5) is 0. The lowest BCUT2D eigenvalue weighted by atomic mass is 9.92. The van der Waals surface area contributed by atoms with Gasteiger partial charge in [-0.15, -0.1) is 0 Å². The van der Waals surface area contributed by atoms with Crippen molar-refractivity contribution in [3.05, 3.63) is 34.9 Å². The Morgan fingerprint density at radius 1 is 1.42 bits per heavy atom. The minimum atomic E-state index is 0.436. The summed E-state index contributed by atoms with van der Waals surface area (Å²) in [6, 6.07) is 8.19. The predicted molar refractivity (Wildman–Crippen MR) is 80.8 cm³/mol. The van der Waals surface area contributed by atoms with Crippen LogP contribution in [0.25, 0.3) is 0 Å². The van der Waals surface area contributed by atoms with Gasteiger partial charge in [-0.05, 0) is 69.8 Å². The summed E-state index contributed by atoms with van der Waals surface area (Å²) < 4.78 is 5.95. The number of hydrogen-bond donors (Lipinski definition) is 1. The van der Waals surface area contributed by atoms with Crippen molar-refractivity contribution in [1.29, 1.82) is 0 Å². The molecule has 0 bridgehead atoms. The van der Waals surface area contributed by atoms with E-state index in [1.807, 2.05) is 19.2 Å². The molecule has 0 aliphatic carbocycles. The first-order valence-corrected chi connectivity index (χ1v) is 7.59. The van der Waals surface area contributed by atoms with E-state index < -0.39 is 0 Å². The van der Waals surface area contributed by atoms with Crippen LogP contribution in [0.15, 0.2) is 24.3 Å². The highest BCUT2D eigenvalue weighted by Gasteiger charge is 2.24. The molecule has 1 aliphatic rings. The first kappa shape index (κ1) is 14.8. The van der Waals surface area contributed by atoms with Crippen LogP contribution in [0.5, 0.6) is 0 Å². The molecule has 19 heavy (non-hydrogen) atoms. The van der Waals surface area contributed by atoms with E-state index in [-0.39, 0.29) is 0 Å². The fourth-order valence-electron chi connectivity index (χ4n) is 2.96. The molecule has 0 amide bonds. The van der Waals surface area contributed by atoms with E-state index in [1.165, 1.54) is 18.4 Å². The molecule has 2 rings (SSSR count). The van der Waals surface area contributed by atoms with Crippen molar-refractivity contribution in [1.82, 2.24) is 5.32 Å². The highest BCUT2D eigenvalue weighted by Crippen LogP contribution is 2.26. The van der Waals surface area contributed by atoms with Gasteiger partial charge in [-0.2, -0.15) is 0 Å². The smallest absolute Gasteiger partial charge is 0.0583 e. The zero-order chi connectivity index (χ0) is 13.7.